The van der Waals surface area contributed by atoms with E-state index in [0.717, 1.165) is 3.57 Å². The van der Waals surface area contributed by atoms with Gasteiger partial charge in [-0.3, -0.25) is 0 Å². The summed E-state index contributed by atoms with van der Waals surface area (Å²) in [4.78, 5) is 0. The van der Waals surface area contributed by atoms with Gasteiger partial charge in [0.05, 0.1) is 6.10 Å². The van der Waals surface area contributed by atoms with Gasteiger partial charge >= 0.3 is 0 Å². The van der Waals surface area contributed by atoms with Crippen molar-refractivity contribution in [1.82, 2.24) is 0 Å². The Bertz CT molecular complexity index is 325. The molecule has 0 aliphatic heterocycles. The molecular formula is C11H12FIO. The highest BCUT2D eigenvalue weighted by Crippen LogP contribution is 2.23. The Morgan fingerprint density at radius 1 is 1.57 bits per heavy atom. The zero-order chi connectivity index (χ0) is 10.6. The maximum Gasteiger partial charge on any atom is 0.129 e. The monoisotopic (exact) mass is 306 g/mol. The van der Waals surface area contributed by atoms with Crippen LogP contribution in [0.25, 0.3) is 0 Å². The third kappa shape index (κ3) is 3.06. The standard InChI is InChI=1S/C11H12FIO/c1-2-3-4-11(14)9-7-8(13)5-6-10(9)12/h2,5-7,11,14H,1,3-4H2. The average molecular weight is 306 g/mol. The molecule has 0 saturated carbocycles. The van der Waals surface area contributed by atoms with Crippen LogP contribution in [0.5, 0.6) is 0 Å². The molecule has 1 nitrogen and oxygen atoms in total. The first kappa shape index (κ1) is 11.7. The van der Waals surface area contributed by atoms with Gasteiger partial charge in [0.15, 0.2) is 0 Å². The Kier molecular flexibility index (Phi) is 4.54. The van der Waals surface area contributed by atoms with Crippen molar-refractivity contribution in [2.45, 2.75) is 18.9 Å². The van der Waals surface area contributed by atoms with Crippen molar-refractivity contribution in [3.05, 3.63) is 45.8 Å². The first-order valence-electron chi connectivity index (χ1n) is 4.39. The summed E-state index contributed by atoms with van der Waals surface area (Å²) >= 11 is 2.10. The van der Waals surface area contributed by atoms with E-state index in [9.17, 15) is 9.50 Å². The van der Waals surface area contributed by atoms with Crippen molar-refractivity contribution in [3.8, 4) is 0 Å². The molecule has 1 aromatic rings. The van der Waals surface area contributed by atoms with Gasteiger partial charge in [0.2, 0.25) is 0 Å². The number of benzene rings is 1. The zero-order valence-corrected chi connectivity index (χ0v) is 9.87. The van der Waals surface area contributed by atoms with Gasteiger partial charge in [0, 0.05) is 9.13 Å². The fourth-order valence-electron chi connectivity index (χ4n) is 1.20. The molecule has 0 fully saturated rings. The van der Waals surface area contributed by atoms with Gasteiger partial charge in [-0.1, -0.05) is 6.08 Å². The fraction of sp³-hybridized carbons (Fsp3) is 0.273. The summed E-state index contributed by atoms with van der Waals surface area (Å²) < 4.78 is 14.2. The third-order valence-corrected chi connectivity index (χ3v) is 2.63. The van der Waals surface area contributed by atoms with Gasteiger partial charge in [-0.15, -0.1) is 6.58 Å². The van der Waals surface area contributed by atoms with E-state index in [1.54, 1.807) is 18.2 Å². The Morgan fingerprint density at radius 3 is 2.93 bits per heavy atom. The van der Waals surface area contributed by atoms with Crippen LogP contribution in [-0.4, -0.2) is 5.11 Å². The van der Waals surface area contributed by atoms with Crippen molar-refractivity contribution in [2.75, 3.05) is 0 Å². The summed E-state index contributed by atoms with van der Waals surface area (Å²) in [5.74, 6) is -0.345. The molecule has 0 aliphatic carbocycles. The minimum atomic E-state index is -0.734. The number of allylic oxidation sites excluding steroid dienone is 1. The van der Waals surface area contributed by atoms with Crippen LogP contribution < -0.4 is 0 Å². The largest absolute Gasteiger partial charge is 0.388 e. The molecule has 1 unspecified atom stereocenters. The van der Waals surface area contributed by atoms with E-state index in [4.69, 9.17) is 0 Å². The van der Waals surface area contributed by atoms with Crippen LogP contribution >= 0.6 is 22.6 Å². The van der Waals surface area contributed by atoms with Crippen LogP contribution in [0.2, 0.25) is 0 Å². The van der Waals surface area contributed by atoms with Crippen molar-refractivity contribution in [1.29, 1.82) is 0 Å². The molecule has 3 heteroatoms. The number of rotatable bonds is 4. The van der Waals surface area contributed by atoms with E-state index in [1.165, 1.54) is 6.07 Å². The van der Waals surface area contributed by atoms with Gasteiger partial charge in [0.25, 0.3) is 0 Å². The minimum Gasteiger partial charge on any atom is -0.388 e. The van der Waals surface area contributed by atoms with E-state index >= 15 is 0 Å². The van der Waals surface area contributed by atoms with Gasteiger partial charge in [-0.25, -0.2) is 4.39 Å². The zero-order valence-electron chi connectivity index (χ0n) is 7.71. The minimum absolute atomic E-state index is 0.345. The molecule has 0 amide bonds. The van der Waals surface area contributed by atoms with Crippen molar-refractivity contribution < 1.29 is 9.50 Å². The Morgan fingerprint density at radius 2 is 2.29 bits per heavy atom. The summed E-state index contributed by atoms with van der Waals surface area (Å²) in [6, 6.07) is 4.73. The molecular weight excluding hydrogens is 294 g/mol. The Hall–Kier alpha value is -0.420. The van der Waals surface area contributed by atoms with E-state index < -0.39 is 6.10 Å². The highest BCUT2D eigenvalue weighted by atomic mass is 127. The Balaban J connectivity index is 2.82. The van der Waals surface area contributed by atoms with Gasteiger partial charge in [-0.05, 0) is 53.6 Å². The lowest BCUT2D eigenvalue weighted by atomic mass is 10.0. The first-order chi connectivity index (χ1) is 6.65. The topological polar surface area (TPSA) is 20.2 Å². The van der Waals surface area contributed by atoms with E-state index in [1.807, 2.05) is 0 Å². The van der Waals surface area contributed by atoms with Crippen molar-refractivity contribution in [2.24, 2.45) is 0 Å². The highest BCUT2D eigenvalue weighted by Gasteiger charge is 2.11. The van der Waals surface area contributed by atoms with Crippen LogP contribution in [0, 0.1) is 9.39 Å². The molecule has 14 heavy (non-hydrogen) atoms. The smallest absolute Gasteiger partial charge is 0.129 e. The van der Waals surface area contributed by atoms with Crippen molar-refractivity contribution >= 4 is 22.6 Å². The number of hydrogen-bond donors (Lipinski definition) is 1. The predicted molar refractivity (Wildman–Crippen MR) is 63.5 cm³/mol. The maximum atomic E-state index is 13.3. The second-order valence-electron chi connectivity index (χ2n) is 3.05. The quantitative estimate of drug-likeness (QED) is 0.667. The van der Waals surface area contributed by atoms with Crippen LogP contribution in [0.3, 0.4) is 0 Å². The molecule has 1 N–H and O–H groups in total. The molecule has 0 aromatic heterocycles. The molecule has 0 spiro atoms. The summed E-state index contributed by atoms with van der Waals surface area (Å²) in [6.07, 6.45) is 2.18. The maximum absolute atomic E-state index is 13.3. The van der Waals surface area contributed by atoms with Crippen LogP contribution in [0.15, 0.2) is 30.9 Å². The highest BCUT2D eigenvalue weighted by molar-refractivity contribution is 14.1. The molecule has 0 aliphatic rings. The number of aliphatic hydroxyl groups excluding tert-OH is 1. The molecule has 0 radical (unpaired) electrons. The van der Waals surface area contributed by atoms with Crippen LogP contribution in [0.4, 0.5) is 4.39 Å². The predicted octanol–water partition coefficient (Wildman–Crippen LogP) is 3.43. The summed E-state index contributed by atoms with van der Waals surface area (Å²) in [5.41, 5.74) is 0.374. The lowest BCUT2D eigenvalue weighted by Gasteiger charge is -2.10. The second-order valence-corrected chi connectivity index (χ2v) is 4.29. The lowest BCUT2D eigenvalue weighted by molar-refractivity contribution is 0.164. The summed E-state index contributed by atoms with van der Waals surface area (Å²) in [7, 11) is 0. The van der Waals surface area contributed by atoms with Crippen molar-refractivity contribution in [3.63, 3.8) is 0 Å². The molecule has 0 bridgehead atoms. The number of aliphatic hydroxyl groups is 1. The molecule has 76 valence electrons. The molecule has 0 heterocycles. The van der Waals surface area contributed by atoms with Crippen LogP contribution in [0.1, 0.15) is 24.5 Å². The molecule has 1 aromatic carbocycles. The Labute approximate surface area is 96.8 Å². The molecule has 1 rings (SSSR count). The molecule has 0 saturated heterocycles. The summed E-state index contributed by atoms with van der Waals surface area (Å²) in [6.45, 7) is 3.56. The summed E-state index contributed by atoms with van der Waals surface area (Å²) in [5, 5.41) is 9.67. The first-order valence-corrected chi connectivity index (χ1v) is 5.47. The fourth-order valence-corrected chi connectivity index (χ4v) is 1.72. The van der Waals surface area contributed by atoms with Gasteiger partial charge in [0.1, 0.15) is 5.82 Å². The van der Waals surface area contributed by atoms with Gasteiger partial charge in [-0.2, -0.15) is 0 Å². The normalized spacial score (nSPS) is 12.5. The molecule has 1 atom stereocenters. The van der Waals surface area contributed by atoms with E-state index in [-0.39, 0.29) is 5.82 Å². The number of hydrogen-bond acceptors (Lipinski definition) is 1. The van der Waals surface area contributed by atoms with Crippen LogP contribution in [-0.2, 0) is 0 Å². The van der Waals surface area contributed by atoms with Gasteiger partial charge < -0.3 is 5.11 Å². The lowest BCUT2D eigenvalue weighted by Crippen LogP contribution is -2.00. The number of halogens is 2. The van der Waals surface area contributed by atoms with E-state index in [2.05, 4.69) is 29.2 Å². The van der Waals surface area contributed by atoms with E-state index in [0.29, 0.717) is 18.4 Å². The average Bonchev–Trinajstić information content (AvgIpc) is 2.18. The third-order valence-electron chi connectivity index (χ3n) is 1.96. The second kappa shape index (κ2) is 5.46. The SMILES string of the molecule is C=CCCC(O)c1cc(I)ccc1F.